The van der Waals surface area contributed by atoms with Gasteiger partial charge in [-0.15, -0.1) is 0 Å². The number of rotatable bonds is 10. The summed E-state index contributed by atoms with van der Waals surface area (Å²) in [6.45, 7) is 9.12. The van der Waals surface area contributed by atoms with E-state index < -0.39 is 0 Å². The van der Waals surface area contributed by atoms with Gasteiger partial charge in [-0.25, -0.2) is 4.98 Å². The SMILES string of the molecule is CCC(C)NCc1ccc(C(=O)Nc2ncc(Sc3cc(C(=O)N4CCOCC4)c(OC)cc3C)s2)[nH]1. The molecule has 1 atom stereocenters. The highest BCUT2D eigenvalue weighted by Crippen LogP contribution is 2.38. The minimum atomic E-state index is -0.236. The second kappa shape index (κ2) is 12.6. The van der Waals surface area contributed by atoms with Crippen LogP contribution < -0.4 is 15.4 Å². The van der Waals surface area contributed by atoms with Crippen molar-refractivity contribution in [1.29, 1.82) is 0 Å². The third-order valence-corrected chi connectivity index (χ3v) is 8.36. The molecule has 1 aromatic carbocycles. The first-order valence-electron chi connectivity index (χ1n) is 12.3. The fourth-order valence-electron chi connectivity index (χ4n) is 3.79. The van der Waals surface area contributed by atoms with Gasteiger partial charge in [0.05, 0.1) is 36.3 Å². The minimum absolute atomic E-state index is 0.0658. The van der Waals surface area contributed by atoms with E-state index in [2.05, 4.69) is 34.4 Å². The van der Waals surface area contributed by atoms with Gasteiger partial charge in [0, 0.05) is 36.3 Å². The second-order valence-electron chi connectivity index (χ2n) is 8.85. The number of thiazole rings is 1. The van der Waals surface area contributed by atoms with Gasteiger partial charge in [0.15, 0.2) is 5.13 Å². The van der Waals surface area contributed by atoms with Crippen molar-refractivity contribution in [3.05, 3.63) is 53.0 Å². The molecular weight excluding hydrogens is 510 g/mol. The number of carbonyl (C=O) groups is 2. The van der Waals surface area contributed by atoms with E-state index in [0.717, 1.165) is 26.8 Å². The maximum Gasteiger partial charge on any atom is 0.273 e. The van der Waals surface area contributed by atoms with Crippen molar-refractivity contribution in [3.63, 3.8) is 0 Å². The largest absolute Gasteiger partial charge is 0.496 e. The zero-order chi connectivity index (χ0) is 26.4. The molecule has 11 heteroatoms. The molecule has 1 aliphatic rings. The maximum atomic E-state index is 13.2. The van der Waals surface area contributed by atoms with Crippen LogP contribution in [0, 0.1) is 6.92 Å². The number of aromatic nitrogens is 2. The molecule has 0 saturated carbocycles. The normalized spacial score (nSPS) is 14.4. The average molecular weight is 544 g/mol. The number of aryl methyl sites for hydroxylation is 1. The molecule has 1 saturated heterocycles. The number of amides is 2. The molecule has 0 aliphatic carbocycles. The summed E-state index contributed by atoms with van der Waals surface area (Å²) in [7, 11) is 1.57. The topological polar surface area (TPSA) is 109 Å². The monoisotopic (exact) mass is 543 g/mol. The van der Waals surface area contributed by atoms with Crippen molar-refractivity contribution in [3.8, 4) is 5.75 Å². The van der Waals surface area contributed by atoms with E-state index in [0.29, 0.717) is 61.0 Å². The lowest BCUT2D eigenvalue weighted by Crippen LogP contribution is -2.40. The van der Waals surface area contributed by atoms with Crippen LogP contribution in [0.15, 0.2) is 39.6 Å². The number of ether oxygens (including phenoxy) is 2. The summed E-state index contributed by atoms with van der Waals surface area (Å²) >= 11 is 2.89. The smallest absolute Gasteiger partial charge is 0.273 e. The van der Waals surface area contributed by atoms with Crippen molar-refractivity contribution >= 4 is 40.0 Å². The number of anilines is 1. The Morgan fingerprint density at radius 3 is 2.81 bits per heavy atom. The molecule has 0 bridgehead atoms. The summed E-state index contributed by atoms with van der Waals surface area (Å²) < 4.78 is 11.8. The van der Waals surface area contributed by atoms with Crippen LogP contribution >= 0.6 is 23.1 Å². The molecule has 0 spiro atoms. The summed E-state index contributed by atoms with van der Waals surface area (Å²) in [6.07, 6.45) is 2.77. The molecule has 9 nitrogen and oxygen atoms in total. The fourth-order valence-corrected chi connectivity index (χ4v) is 5.72. The Morgan fingerprint density at radius 2 is 2.08 bits per heavy atom. The number of benzene rings is 1. The molecule has 1 fully saturated rings. The van der Waals surface area contributed by atoms with Gasteiger partial charge in [0.2, 0.25) is 0 Å². The first-order valence-corrected chi connectivity index (χ1v) is 13.9. The van der Waals surface area contributed by atoms with Crippen LogP contribution in [0.3, 0.4) is 0 Å². The molecule has 1 aliphatic heterocycles. The van der Waals surface area contributed by atoms with E-state index in [4.69, 9.17) is 9.47 Å². The van der Waals surface area contributed by atoms with E-state index in [1.165, 1.54) is 23.1 Å². The molecule has 1 unspecified atom stereocenters. The summed E-state index contributed by atoms with van der Waals surface area (Å²) in [5.41, 5.74) is 2.96. The second-order valence-corrected chi connectivity index (χ2v) is 11.2. The van der Waals surface area contributed by atoms with Crippen LogP contribution in [0.1, 0.15) is 52.4 Å². The molecule has 3 N–H and O–H groups in total. The molecule has 37 heavy (non-hydrogen) atoms. The van der Waals surface area contributed by atoms with Gasteiger partial charge in [-0.2, -0.15) is 0 Å². The van der Waals surface area contributed by atoms with Crippen molar-refractivity contribution < 1.29 is 19.1 Å². The predicted molar refractivity (Wildman–Crippen MR) is 146 cm³/mol. The van der Waals surface area contributed by atoms with Gasteiger partial charge in [-0.05, 0) is 50.1 Å². The van der Waals surface area contributed by atoms with Crippen molar-refractivity contribution in [2.45, 2.75) is 48.9 Å². The third kappa shape index (κ3) is 6.92. The highest BCUT2D eigenvalue weighted by atomic mass is 32.2. The highest BCUT2D eigenvalue weighted by molar-refractivity contribution is 8.01. The summed E-state index contributed by atoms with van der Waals surface area (Å²) in [5, 5.41) is 6.79. The van der Waals surface area contributed by atoms with Crippen LogP contribution in [0.25, 0.3) is 0 Å². The van der Waals surface area contributed by atoms with Gasteiger partial charge < -0.3 is 24.7 Å². The number of nitrogens with one attached hydrogen (secondary N) is 3. The van der Waals surface area contributed by atoms with Crippen LogP contribution in [0.4, 0.5) is 5.13 Å². The number of aromatic amines is 1. The number of H-pyrrole nitrogens is 1. The number of nitrogens with zero attached hydrogens (tertiary/aromatic N) is 2. The predicted octanol–water partition coefficient (Wildman–Crippen LogP) is 4.55. The molecule has 0 radical (unpaired) electrons. The van der Waals surface area contributed by atoms with Gasteiger partial charge in [-0.3, -0.25) is 14.9 Å². The van der Waals surface area contributed by atoms with E-state index in [1.54, 1.807) is 24.3 Å². The first kappa shape index (κ1) is 27.2. The minimum Gasteiger partial charge on any atom is -0.496 e. The van der Waals surface area contributed by atoms with Crippen molar-refractivity contribution in [1.82, 2.24) is 20.2 Å². The Balaban J connectivity index is 1.42. The average Bonchev–Trinajstić information content (AvgIpc) is 3.58. The van der Waals surface area contributed by atoms with Gasteiger partial charge in [-0.1, -0.05) is 30.0 Å². The zero-order valence-corrected chi connectivity index (χ0v) is 23.2. The summed E-state index contributed by atoms with van der Waals surface area (Å²) in [6, 6.07) is 7.87. The number of morpholine rings is 1. The Labute approximate surface area is 225 Å². The van der Waals surface area contributed by atoms with Gasteiger partial charge in [0.25, 0.3) is 11.8 Å². The number of hydrogen-bond acceptors (Lipinski definition) is 8. The summed E-state index contributed by atoms with van der Waals surface area (Å²) in [5.74, 6) is 0.254. The molecule has 2 aromatic heterocycles. The van der Waals surface area contributed by atoms with E-state index >= 15 is 0 Å². The number of methoxy groups -OCH3 is 1. The van der Waals surface area contributed by atoms with Crippen molar-refractivity contribution in [2.24, 2.45) is 0 Å². The third-order valence-electron chi connectivity index (χ3n) is 6.19. The quantitative estimate of drug-likeness (QED) is 0.344. The van der Waals surface area contributed by atoms with Crippen LogP contribution in [-0.4, -0.2) is 66.1 Å². The zero-order valence-electron chi connectivity index (χ0n) is 21.6. The molecule has 2 amide bonds. The molecule has 4 rings (SSSR count). The molecular formula is C26H33N5O4S2. The van der Waals surface area contributed by atoms with Crippen LogP contribution in [-0.2, 0) is 11.3 Å². The van der Waals surface area contributed by atoms with Gasteiger partial charge in [0.1, 0.15) is 11.4 Å². The lowest BCUT2D eigenvalue weighted by molar-refractivity contribution is 0.0300. The van der Waals surface area contributed by atoms with Gasteiger partial charge >= 0.3 is 0 Å². The lowest BCUT2D eigenvalue weighted by Gasteiger charge is -2.27. The number of hydrogen-bond donors (Lipinski definition) is 3. The Morgan fingerprint density at radius 1 is 1.30 bits per heavy atom. The number of carbonyl (C=O) groups excluding carboxylic acids is 2. The molecule has 3 aromatic rings. The molecule has 3 heterocycles. The summed E-state index contributed by atoms with van der Waals surface area (Å²) in [4.78, 5) is 36.1. The standard InChI is InChI=1S/C26H33N5O4S2/c1-5-17(3)27-14-18-6-7-20(29-18)24(32)30-26-28-15-23(37-26)36-22-13-19(21(34-4)12-16(22)2)25(33)31-8-10-35-11-9-31/h6-7,12-13,15,17,27,29H,5,8-11,14H2,1-4H3,(H,28,30,32). The van der Waals surface area contributed by atoms with E-state index in [-0.39, 0.29) is 11.8 Å². The molecule has 198 valence electrons. The van der Waals surface area contributed by atoms with Crippen LogP contribution in [0.5, 0.6) is 5.75 Å². The van der Waals surface area contributed by atoms with E-state index in [9.17, 15) is 9.59 Å². The van der Waals surface area contributed by atoms with Crippen LogP contribution in [0.2, 0.25) is 0 Å². The Hall–Kier alpha value is -2.86. The lowest BCUT2D eigenvalue weighted by atomic mass is 10.1. The Kier molecular flexibility index (Phi) is 9.25. The van der Waals surface area contributed by atoms with Crippen molar-refractivity contribution in [2.75, 3.05) is 38.7 Å². The highest BCUT2D eigenvalue weighted by Gasteiger charge is 2.23. The fraction of sp³-hybridized carbons (Fsp3) is 0.423. The van der Waals surface area contributed by atoms with E-state index in [1.807, 2.05) is 25.1 Å². The Bertz CT molecular complexity index is 1240. The maximum absolute atomic E-state index is 13.2. The first-order chi connectivity index (χ1) is 17.9.